The Balaban J connectivity index is 2.28. The van der Waals surface area contributed by atoms with Crippen LogP contribution in [-0.4, -0.2) is 28.6 Å². The molecule has 2 N–H and O–H groups in total. The second-order valence-corrected chi connectivity index (χ2v) is 3.99. The van der Waals surface area contributed by atoms with Crippen LogP contribution in [0.15, 0.2) is 12.5 Å². The van der Waals surface area contributed by atoms with Crippen LogP contribution in [0.4, 0.5) is 5.82 Å². The van der Waals surface area contributed by atoms with Gasteiger partial charge in [0.05, 0.1) is 6.20 Å². The van der Waals surface area contributed by atoms with E-state index >= 15 is 0 Å². The lowest BCUT2D eigenvalue weighted by Gasteiger charge is -2.24. The van der Waals surface area contributed by atoms with Crippen LogP contribution in [0.3, 0.4) is 0 Å². The SMILES string of the molecule is CC1C(N)CCN1c1ncncc1Cl. The Labute approximate surface area is 88.1 Å². The molecule has 0 amide bonds. The number of rotatable bonds is 1. The number of nitrogens with zero attached hydrogens (tertiary/aromatic N) is 3. The monoisotopic (exact) mass is 212 g/mol. The molecular weight excluding hydrogens is 200 g/mol. The molecule has 0 spiro atoms. The zero-order valence-corrected chi connectivity index (χ0v) is 8.78. The summed E-state index contributed by atoms with van der Waals surface area (Å²) in [6.07, 6.45) is 4.11. The Morgan fingerprint density at radius 2 is 2.43 bits per heavy atom. The minimum atomic E-state index is 0.209. The molecule has 1 aromatic rings. The molecule has 4 nitrogen and oxygen atoms in total. The summed E-state index contributed by atoms with van der Waals surface area (Å²) in [6, 6.07) is 0.503. The summed E-state index contributed by atoms with van der Waals surface area (Å²) in [6.45, 7) is 3.01. The fourth-order valence-corrected chi connectivity index (χ4v) is 1.99. The molecule has 2 rings (SSSR count). The number of nitrogens with two attached hydrogens (primary N) is 1. The lowest BCUT2D eigenvalue weighted by molar-refractivity contribution is 0.621. The van der Waals surface area contributed by atoms with Crippen molar-refractivity contribution in [1.29, 1.82) is 0 Å². The Kier molecular flexibility index (Phi) is 2.56. The van der Waals surface area contributed by atoms with Gasteiger partial charge in [0.1, 0.15) is 11.3 Å². The maximum Gasteiger partial charge on any atom is 0.151 e. The van der Waals surface area contributed by atoms with Crippen molar-refractivity contribution in [3.8, 4) is 0 Å². The molecule has 1 saturated heterocycles. The van der Waals surface area contributed by atoms with Crippen LogP contribution in [-0.2, 0) is 0 Å². The van der Waals surface area contributed by atoms with E-state index in [1.54, 1.807) is 6.20 Å². The smallest absolute Gasteiger partial charge is 0.151 e. The number of aromatic nitrogens is 2. The molecule has 5 heteroatoms. The van der Waals surface area contributed by atoms with Gasteiger partial charge in [0.2, 0.25) is 0 Å². The summed E-state index contributed by atoms with van der Waals surface area (Å²) in [4.78, 5) is 10.2. The van der Waals surface area contributed by atoms with Gasteiger partial charge >= 0.3 is 0 Å². The fourth-order valence-electron chi connectivity index (χ4n) is 1.78. The lowest BCUT2D eigenvalue weighted by atomic mass is 10.2. The Bertz CT molecular complexity index is 330. The highest BCUT2D eigenvalue weighted by atomic mass is 35.5. The van der Waals surface area contributed by atoms with E-state index in [1.165, 1.54) is 6.33 Å². The molecule has 2 unspecified atom stereocenters. The molecular formula is C9H13ClN4. The normalized spacial score (nSPS) is 26.9. The van der Waals surface area contributed by atoms with Crippen molar-refractivity contribution in [2.24, 2.45) is 5.73 Å². The zero-order chi connectivity index (χ0) is 10.1. The minimum absolute atomic E-state index is 0.209. The fraction of sp³-hybridized carbons (Fsp3) is 0.556. The average Bonchev–Trinajstić information content (AvgIpc) is 2.49. The van der Waals surface area contributed by atoms with Crippen molar-refractivity contribution in [1.82, 2.24) is 9.97 Å². The number of anilines is 1. The van der Waals surface area contributed by atoms with Gasteiger partial charge in [-0.2, -0.15) is 0 Å². The van der Waals surface area contributed by atoms with Crippen LogP contribution in [0.5, 0.6) is 0 Å². The minimum Gasteiger partial charge on any atom is -0.351 e. The van der Waals surface area contributed by atoms with Gasteiger partial charge < -0.3 is 10.6 Å². The van der Waals surface area contributed by atoms with Gasteiger partial charge in [-0.15, -0.1) is 0 Å². The van der Waals surface area contributed by atoms with Gasteiger partial charge in [0.25, 0.3) is 0 Å². The molecule has 14 heavy (non-hydrogen) atoms. The Hall–Kier alpha value is -0.870. The van der Waals surface area contributed by atoms with Crippen molar-refractivity contribution in [3.63, 3.8) is 0 Å². The molecule has 0 radical (unpaired) electrons. The van der Waals surface area contributed by atoms with E-state index in [-0.39, 0.29) is 6.04 Å². The van der Waals surface area contributed by atoms with E-state index < -0.39 is 0 Å². The summed E-state index contributed by atoms with van der Waals surface area (Å²) >= 11 is 6.01. The molecule has 2 atom stereocenters. The van der Waals surface area contributed by atoms with Crippen molar-refractivity contribution >= 4 is 17.4 Å². The highest BCUT2D eigenvalue weighted by Crippen LogP contribution is 2.28. The largest absolute Gasteiger partial charge is 0.351 e. The predicted molar refractivity (Wildman–Crippen MR) is 56.4 cm³/mol. The topological polar surface area (TPSA) is 55.0 Å². The van der Waals surface area contributed by atoms with Crippen LogP contribution in [0.1, 0.15) is 13.3 Å². The first-order chi connectivity index (χ1) is 6.70. The average molecular weight is 213 g/mol. The molecule has 0 aromatic carbocycles. The molecule has 1 aliphatic heterocycles. The lowest BCUT2D eigenvalue weighted by Crippen LogP contribution is -2.37. The summed E-state index contributed by atoms with van der Waals surface area (Å²) in [5.74, 6) is 0.794. The van der Waals surface area contributed by atoms with E-state index in [1.807, 2.05) is 0 Å². The van der Waals surface area contributed by atoms with Gasteiger partial charge in [0, 0.05) is 18.6 Å². The van der Waals surface area contributed by atoms with Gasteiger partial charge in [-0.05, 0) is 13.3 Å². The third-order valence-electron chi connectivity index (χ3n) is 2.73. The maximum absolute atomic E-state index is 6.01. The van der Waals surface area contributed by atoms with Crippen LogP contribution in [0.25, 0.3) is 0 Å². The van der Waals surface area contributed by atoms with Gasteiger partial charge in [-0.25, -0.2) is 9.97 Å². The van der Waals surface area contributed by atoms with Crippen LogP contribution >= 0.6 is 11.6 Å². The second kappa shape index (κ2) is 3.71. The standard InChI is InChI=1S/C9H13ClN4/c1-6-8(11)2-3-14(6)9-7(10)4-12-5-13-9/h4-6,8H,2-3,11H2,1H3. The molecule has 0 bridgehead atoms. The predicted octanol–water partition coefficient (Wildman–Crippen LogP) is 1.06. The van der Waals surface area contributed by atoms with Crippen molar-refractivity contribution in [2.75, 3.05) is 11.4 Å². The first-order valence-corrected chi connectivity index (χ1v) is 5.05. The molecule has 76 valence electrons. The van der Waals surface area contributed by atoms with Crippen molar-refractivity contribution in [2.45, 2.75) is 25.4 Å². The van der Waals surface area contributed by atoms with E-state index in [9.17, 15) is 0 Å². The van der Waals surface area contributed by atoms with Crippen LogP contribution < -0.4 is 10.6 Å². The van der Waals surface area contributed by atoms with E-state index in [0.29, 0.717) is 11.1 Å². The quantitative estimate of drug-likeness (QED) is 0.756. The summed E-state index contributed by atoms with van der Waals surface area (Å²) in [5, 5.41) is 0.591. The molecule has 1 aliphatic rings. The highest BCUT2D eigenvalue weighted by molar-refractivity contribution is 6.32. The Morgan fingerprint density at radius 1 is 1.64 bits per heavy atom. The zero-order valence-electron chi connectivity index (χ0n) is 8.02. The van der Waals surface area contributed by atoms with E-state index in [0.717, 1.165) is 18.8 Å². The molecule has 1 fully saturated rings. The van der Waals surface area contributed by atoms with E-state index in [2.05, 4.69) is 21.8 Å². The second-order valence-electron chi connectivity index (χ2n) is 3.58. The van der Waals surface area contributed by atoms with Crippen LogP contribution in [0.2, 0.25) is 5.02 Å². The molecule has 0 aliphatic carbocycles. The van der Waals surface area contributed by atoms with E-state index in [4.69, 9.17) is 17.3 Å². The maximum atomic E-state index is 6.01. The Morgan fingerprint density at radius 3 is 3.00 bits per heavy atom. The number of hydrogen-bond acceptors (Lipinski definition) is 4. The first kappa shape index (κ1) is 9.68. The van der Waals surface area contributed by atoms with Crippen molar-refractivity contribution < 1.29 is 0 Å². The molecule has 2 heterocycles. The number of halogens is 1. The summed E-state index contributed by atoms with van der Waals surface area (Å²) in [5.41, 5.74) is 5.93. The summed E-state index contributed by atoms with van der Waals surface area (Å²) < 4.78 is 0. The number of hydrogen-bond donors (Lipinski definition) is 1. The van der Waals surface area contributed by atoms with Gasteiger partial charge in [-0.1, -0.05) is 11.6 Å². The molecule has 0 saturated carbocycles. The third kappa shape index (κ3) is 1.55. The molecule has 1 aromatic heterocycles. The highest BCUT2D eigenvalue weighted by Gasteiger charge is 2.29. The first-order valence-electron chi connectivity index (χ1n) is 4.68. The third-order valence-corrected chi connectivity index (χ3v) is 3.00. The van der Waals surface area contributed by atoms with Gasteiger partial charge in [0.15, 0.2) is 5.82 Å². The van der Waals surface area contributed by atoms with Gasteiger partial charge in [-0.3, -0.25) is 0 Å². The van der Waals surface area contributed by atoms with Crippen LogP contribution in [0, 0.1) is 0 Å². The van der Waals surface area contributed by atoms with Crippen molar-refractivity contribution in [3.05, 3.63) is 17.5 Å². The summed E-state index contributed by atoms with van der Waals surface area (Å²) in [7, 11) is 0.